The fraction of sp³-hybridized carbons (Fsp3) is 0.889. The van der Waals surface area contributed by atoms with Gasteiger partial charge in [0.25, 0.3) is 0 Å². The second-order valence-corrected chi connectivity index (χ2v) is 6.42. The normalized spacial score (nSPS) is 12.5. The Hall–Kier alpha value is -0.900. The fourth-order valence-corrected chi connectivity index (χ4v) is 2.19. The van der Waals surface area contributed by atoms with Crippen molar-refractivity contribution in [1.29, 1.82) is 0 Å². The van der Waals surface area contributed by atoms with Crippen molar-refractivity contribution in [2.45, 2.75) is 86.2 Å². The van der Waals surface area contributed by atoms with Crippen LogP contribution in [-0.4, -0.2) is 48.0 Å². The van der Waals surface area contributed by atoms with Crippen molar-refractivity contribution in [3.05, 3.63) is 0 Å². The Morgan fingerprint density at radius 2 is 1.68 bits per heavy atom. The number of nitrogens with one attached hydrogen (secondary N) is 1. The minimum atomic E-state index is 0.137. The van der Waals surface area contributed by atoms with E-state index in [9.17, 15) is 4.79 Å². The number of carbonyl (C=O) groups excluding carboxylic acids is 1. The minimum absolute atomic E-state index is 0.137. The molecule has 0 bridgehead atoms. The van der Waals surface area contributed by atoms with Crippen LogP contribution in [0.15, 0.2) is 0 Å². The zero-order valence-electron chi connectivity index (χ0n) is 16.4. The Kier molecular flexibility index (Phi) is 13.4. The van der Waals surface area contributed by atoms with Gasteiger partial charge in [-0.05, 0) is 13.8 Å². The summed E-state index contributed by atoms with van der Waals surface area (Å²) in [5, 5.41) is 3.48. The van der Waals surface area contributed by atoms with Gasteiger partial charge in [-0.15, -0.1) is 0 Å². The highest BCUT2D eigenvalue weighted by Crippen LogP contribution is 2.15. The molecule has 0 fully saturated rings. The summed E-state index contributed by atoms with van der Waals surface area (Å²) in [4.78, 5) is 9.81. The van der Waals surface area contributed by atoms with E-state index >= 15 is 0 Å². The molecule has 1 N–H and O–H groups in total. The highest BCUT2D eigenvalue weighted by atomic mass is 16.5. The van der Waals surface area contributed by atoms with E-state index < -0.39 is 0 Å². The number of hydrogen-bond donors (Lipinski definition) is 1. The van der Waals surface area contributed by atoms with Crippen LogP contribution in [0.5, 0.6) is 0 Å². The van der Waals surface area contributed by atoms with Gasteiger partial charge >= 0.3 is 5.90 Å². The SMILES string of the molecule is CCC(C)=O.CCC(OC)=[N+](CC)C(C)(C)CCNC(C)C. The molecular formula is C18H39N2O2+. The summed E-state index contributed by atoms with van der Waals surface area (Å²) in [5.41, 5.74) is 0.137. The molecule has 0 radical (unpaired) electrons. The molecule has 22 heavy (non-hydrogen) atoms. The lowest BCUT2D eigenvalue weighted by Crippen LogP contribution is -2.43. The molecule has 0 saturated heterocycles. The second-order valence-electron chi connectivity index (χ2n) is 6.42. The zero-order chi connectivity index (χ0) is 17.8. The molecule has 0 aromatic carbocycles. The third-order valence-electron chi connectivity index (χ3n) is 3.67. The van der Waals surface area contributed by atoms with E-state index in [1.54, 1.807) is 14.0 Å². The van der Waals surface area contributed by atoms with Crippen LogP contribution in [0.4, 0.5) is 0 Å². The first-order chi connectivity index (χ1) is 10.2. The Bertz CT molecular complexity index is 328. The first-order valence-electron chi connectivity index (χ1n) is 8.56. The van der Waals surface area contributed by atoms with Crippen LogP contribution in [0.2, 0.25) is 0 Å². The van der Waals surface area contributed by atoms with Crippen molar-refractivity contribution in [2.24, 2.45) is 0 Å². The third kappa shape index (κ3) is 10.8. The molecule has 0 amide bonds. The molecular weight excluding hydrogens is 276 g/mol. The summed E-state index contributed by atoms with van der Waals surface area (Å²) in [6.07, 6.45) is 2.73. The molecule has 0 aliphatic carbocycles. The number of Topliss-reactive ketones (excluding diaryl/α,β-unsaturated/α-hetero) is 1. The molecule has 0 aromatic heterocycles. The van der Waals surface area contributed by atoms with Crippen molar-refractivity contribution in [2.75, 3.05) is 20.2 Å². The van der Waals surface area contributed by atoms with E-state index in [1.165, 1.54) is 0 Å². The van der Waals surface area contributed by atoms with Crippen molar-refractivity contribution in [3.63, 3.8) is 0 Å². The van der Waals surface area contributed by atoms with Crippen molar-refractivity contribution >= 4 is 11.7 Å². The van der Waals surface area contributed by atoms with Crippen LogP contribution in [-0.2, 0) is 9.53 Å². The van der Waals surface area contributed by atoms with Crippen molar-refractivity contribution in [1.82, 2.24) is 5.32 Å². The number of rotatable bonds is 8. The molecule has 0 saturated carbocycles. The van der Waals surface area contributed by atoms with Crippen LogP contribution in [0.3, 0.4) is 0 Å². The predicted molar refractivity (Wildman–Crippen MR) is 95.9 cm³/mol. The maximum Gasteiger partial charge on any atom is 0.336 e. The van der Waals surface area contributed by atoms with Crippen LogP contribution >= 0.6 is 0 Å². The molecule has 0 heterocycles. The average molecular weight is 316 g/mol. The Balaban J connectivity index is 0. The molecule has 4 nitrogen and oxygen atoms in total. The standard InChI is InChI=1S/C14H31N2O.C4H8O/c1-8-13(17-7)16(9-2)14(5,6)10-11-15-12(3)4;1-3-4(2)5/h12,15H,8-11H2,1-7H3;3H2,1-2H3/q+1;. The van der Waals surface area contributed by atoms with E-state index in [2.05, 4.69) is 51.4 Å². The number of ketones is 1. The largest absolute Gasteiger partial charge is 0.451 e. The lowest BCUT2D eigenvalue weighted by Gasteiger charge is -2.24. The average Bonchev–Trinajstić information content (AvgIpc) is 2.44. The van der Waals surface area contributed by atoms with Gasteiger partial charge in [0.15, 0.2) is 5.54 Å². The molecule has 0 spiro atoms. The molecule has 0 atom stereocenters. The van der Waals surface area contributed by atoms with Gasteiger partial charge in [-0.25, -0.2) is 0 Å². The van der Waals surface area contributed by atoms with E-state index in [0.717, 1.165) is 31.8 Å². The van der Waals surface area contributed by atoms with E-state index in [1.807, 2.05) is 6.92 Å². The summed E-state index contributed by atoms with van der Waals surface area (Å²) < 4.78 is 7.86. The van der Waals surface area contributed by atoms with Crippen LogP contribution < -0.4 is 5.32 Å². The van der Waals surface area contributed by atoms with Gasteiger partial charge in [0, 0.05) is 39.3 Å². The second kappa shape index (κ2) is 12.6. The van der Waals surface area contributed by atoms with E-state index in [4.69, 9.17) is 4.74 Å². The topological polar surface area (TPSA) is 41.3 Å². The predicted octanol–water partition coefficient (Wildman–Crippen LogP) is 3.63. The first-order valence-corrected chi connectivity index (χ1v) is 8.56. The van der Waals surface area contributed by atoms with E-state index in [-0.39, 0.29) is 11.3 Å². The van der Waals surface area contributed by atoms with Crippen LogP contribution in [0.25, 0.3) is 0 Å². The van der Waals surface area contributed by atoms with Gasteiger partial charge in [-0.1, -0.05) is 27.7 Å². The van der Waals surface area contributed by atoms with Crippen LogP contribution in [0.1, 0.15) is 74.7 Å². The first kappa shape index (κ1) is 23.4. The Morgan fingerprint density at radius 3 is 1.95 bits per heavy atom. The zero-order valence-corrected chi connectivity index (χ0v) is 16.4. The summed E-state index contributed by atoms with van der Waals surface area (Å²) >= 11 is 0. The van der Waals surface area contributed by atoms with Gasteiger partial charge in [0.1, 0.15) is 12.3 Å². The van der Waals surface area contributed by atoms with Crippen LogP contribution in [0, 0.1) is 0 Å². The van der Waals surface area contributed by atoms with Crippen molar-refractivity contribution < 1.29 is 14.1 Å². The summed E-state index contributed by atoms with van der Waals surface area (Å²) in [5.74, 6) is 1.34. The van der Waals surface area contributed by atoms with Gasteiger partial charge in [0.05, 0.1) is 13.5 Å². The monoisotopic (exact) mass is 315 g/mol. The van der Waals surface area contributed by atoms with Gasteiger partial charge in [-0.3, -0.25) is 0 Å². The Morgan fingerprint density at radius 1 is 1.18 bits per heavy atom. The fourth-order valence-electron chi connectivity index (χ4n) is 2.19. The molecule has 132 valence electrons. The van der Waals surface area contributed by atoms with Crippen molar-refractivity contribution in [3.8, 4) is 0 Å². The number of nitrogens with zero attached hydrogens (tertiary/aromatic N) is 1. The highest BCUT2D eigenvalue weighted by molar-refractivity contribution is 5.74. The maximum atomic E-state index is 9.81. The number of carbonyl (C=O) groups is 1. The van der Waals surface area contributed by atoms with Gasteiger partial charge < -0.3 is 14.8 Å². The lowest BCUT2D eigenvalue weighted by atomic mass is 9.99. The number of ether oxygens (including phenoxy) is 1. The smallest absolute Gasteiger partial charge is 0.336 e. The summed E-state index contributed by atoms with van der Waals surface area (Å²) in [6.45, 7) is 18.7. The van der Waals surface area contributed by atoms with E-state index in [0.29, 0.717) is 12.5 Å². The molecule has 0 rings (SSSR count). The third-order valence-corrected chi connectivity index (χ3v) is 3.67. The summed E-state index contributed by atoms with van der Waals surface area (Å²) in [6, 6.07) is 0.554. The number of hydrogen-bond acceptors (Lipinski definition) is 3. The maximum absolute atomic E-state index is 9.81. The Labute approximate surface area is 138 Å². The highest BCUT2D eigenvalue weighted by Gasteiger charge is 2.32. The molecule has 0 aliphatic heterocycles. The van der Waals surface area contributed by atoms with Gasteiger partial charge in [0.2, 0.25) is 0 Å². The molecule has 0 unspecified atom stereocenters. The van der Waals surface area contributed by atoms with Gasteiger partial charge in [-0.2, -0.15) is 4.58 Å². The quantitative estimate of drug-likeness (QED) is 0.422. The number of methoxy groups -OCH3 is 1. The molecule has 4 heteroatoms. The molecule has 0 aliphatic rings. The molecule has 0 aromatic rings. The lowest BCUT2D eigenvalue weighted by molar-refractivity contribution is -0.606. The minimum Gasteiger partial charge on any atom is -0.451 e. The summed E-state index contributed by atoms with van der Waals surface area (Å²) in [7, 11) is 1.77.